The molecule has 0 saturated heterocycles. The summed E-state index contributed by atoms with van der Waals surface area (Å²) in [4.78, 5) is 17.9. The molecule has 1 aromatic carbocycles. The van der Waals surface area contributed by atoms with E-state index in [0.29, 0.717) is 13.0 Å². The number of fused-ring (bicyclic) bond motifs is 1. The molecule has 30 heavy (non-hydrogen) atoms. The number of carboxylic acid groups (broad SMARTS) is 1. The first kappa shape index (κ1) is 22.1. The fourth-order valence-electron chi connectivity index (χ4n) is 3.75. The van der Waals surface area contributed by atoms with Gasteiger partial charge in [-0.3, -0.25) is 9.69 Å². The number of aryl methyl sites for hydroxylation is 2. The molecule has 3 rings (SSSR count). The number of ether oxygens (including phenoxy) is 1. The Morgan fingerprint density at radius 3 is 2.73 bits per heavy atom. The van der Waals surface area contributed by atoms with Crippen LogP contribution in [-0.2, 0) is 17.6 Å². The molecule has 1 aliphatic rings. The van der Waals surface area contributed by atoms with Crippen LogP contribution in [0.1, 0.15) is 43.4 Å². The van der Waals surface area contributed by atoms with Gasteiger partial charge in [-0.1, -0.05) is 24.3 Å². The summed E-state index contributed by atoms with van der Waals surface area (Å²) in [5, 5.41) is 12.3. The Morgan fingerprint density at radius 2 is 1.90 bits per heavy atom. The molecule has 2 heterocycles. The number of carbonyl (C=O) groups is 1. The molecular weight excluding hydrogens is 378 g/mol. The average molecular weight is 412 g/mol. The van der Waals surface area contributed by atoms with Crippen molar-refractivity contribution < 1.29 is 14.6 Å². The van der Waals surface area contributed by atoms with E-state index in [4.69, 9.17) is 14.8 Å². The highest BCUT2D eigenvalue weighted by molar-refractivity contribution is 5.66. The van der Waals surface area contributed by atoms with Gasteiger partial charge in [0.05, 0.1) is 0 Å². The fourth-order valence-corrected chi connectivity index (χ4v) is 3.75. The van der Waals surface area contributed by atoms with Crippen LogP contribution in [0.3, 0.4) is 0 Å². The van der Waals surface area contributed by atoms with Crippen LogP contribution in [0.15, 0.2) is 42.5 Å². The Hall–Kier alpha value is -2.60. The monoisotopic (exact) mass is 411 g/mol. The zero-order chi connectivity index (χ0) is 21.0. The van der Waals surface area contributed by atoms with Gasteiger partial charge in [-0.15, -0.1) is 0 Å². The molecule has 0 amide bonds. The lowest BCUT2D eigenvalue weighted by molar-refractivity contribution is -0.137. The maximum absolute atomic E-state index is 10.8. The van der Waals surface area contributed by atoms with Crippen molar-refractivity contribution in [1.82, 2.24) is 9.88 Å². The molecule has 162 valence electrons. The van der Waals surface area contributed by atoms with Gasteiger partial charge in [0.25, 0.3) is 0 Å². The predicted octanol–water partition coefficient (Wildman–Crippen LogP) is 4.01. The number of hydrogen-bond acceptors (Lipinski definition) is 5. The second-order valence-corrected chi connectivity index (χ2v) is 7.80. The van der Waals surface area contributed by atoms with Gasteiger partial charge in [-0.2, -0.15) is 0 Å². The van der Waals surface area contributed by atoms with Crippen LogP contribution in [-0.4, -0.2) is 53.7 Å². The topological polar surface area (TPSA) is 74.7 Å². The number of aromatic nitrogens is 1. The number of aliphatic carboxylic acids is 1. The summed E-state index contributed by atoms with van der Waals surface area (Å²) >= 11 is 0. The fraction of sp³-hybridized carbons (Fsp3) is 0.500. The minimum atomic E-state index is -0.734. The third-order valence-electron chi connectivity index (χ3n) is 5.39. The Kier molecular flexibility index (Phi) is 8.97. The average Bonchev–Trinajstić information content (AvgIpc) is 2.76. The van der Waals surface area contributed by atoms with Crippen molar-refractivity contribution in [2.24, 2.45) is 0 Å². The highest BCUT2D eigenvalue weighted by atomic mass is 16.5. The molecule has 0 spiro atoms. The third kappa shape index (κ3) is 7.67. The molecular formula is C24H33N3O3. The van der Waals surface area contributed by atoms with Crippen LogP contribution in [0, 0.1) is 0 Å². The Bertz CT molecular complexity index is 783. The number of hydrogen-bond donors (Lipinski definition) is 2. The lowest BCUT2D eigenvalue weighted by atomic mass is 10.1. The van der Waals surface area contributed by atoms with Crippen molar-refractivity contribution in [2.45, 2.75) is 44.9 Å². The van der Waals surface area contributed by atoms with Gasteiger partial charge >= 0.3 is 5.97 Å². The minimum absolute atomic E-state index is 0.210. The highest BCUT2D eigenvalue weighted by Crippen LogP contribution is 2.20. The molecule has 0 unspecified atom stereocenters. The second kappa shape index (κ2) is 12.2. The Balaban J connectivity index is 1.40. The van der Waals surface area contributed by atoms with E-state index < -0.39 is 5.97 Å². The maximum Gasteiger partial charge on any atom is 0.303 e. The van der Waals surface area contributed by atoms with Crippen molar-refractivity contribution in [3.05, 3.63) is 53.7 Å². The molecule has 1 aliphatic heterocycles. The first-order valence-corrected chi connectivity index (χ1v) is 11.1. The lowest BCUT2D eigenvalue weighted by Crippen LogP contribution is -2.31. The summed E-state index contributed by atoms with van der Waals surface area (Å²) < 4.78 is 5.82. The molecule has 6 heteroatoms. The van der Waals surface area contributed by atoms with Crippen LogP contribution < -0.4 is 10.1 Å². The van der Waals surface area contributed by atoms with Crippen molar-refractivity contribution in [2.75, 3.05) is 38.1 Å². The van der Waals surface area contributed by atoms with Crippen LogP contribution >= 0.6 is 0 Å². The van der Waals surface area contributed by atoms with E-state index in [1.165, 1.54) is 12.0 Å². The molecule has 2 aromatic rings. The summed E-state index contributed by atoms with van der Waals surface area (Å²) in [6, 6.07) is 14.2. The first-order valence-electron chi connectivity index (χ1n) is 11.1. The van der Waals surface area contributed by atoms with E-state index in [9.17, 15) is 4.79 Å². The second-order valence-electron chi connectivity index (χ2n) is 7.80. The first-order chi connectivity index (χ1) is 14.7. The predicted molar refractivity (Wildman–Crippen MR) is 119 cm³/mol. The molecule has 0 atom stereocenters. The molecule has 0 fully saturated rings. The van der Waals surface area contributed by atoms with Gasteiger partial charge in [0.2, 0.25) is 0 Å². The van der Waals surface area contributed by atoms with E-state index in [2.05, 4.69) is 22.3 Å². The van der Waals surface area contributed by atoms with Gasteiger partial charge in [-0.05, 0) is 75.4 Å². The summed E-state index contributed by atoms with van der Waals surface area (Å²) in [6.07, 6.45) is 6.27. The molecule has 0 aliphatic carbocycles. The van der Waals surface area contributed by atoms with Crippen LogP contribution in [0.4, 0.5) is 5.82 Å². The standard InChI is InChI=1S/C24H33N3O3/c28-23(29)12-7-17-27(18-19-30-22-10-2-1-3-11-22)16-5-4-9-21-14-13-20-8-6-15-25-24(20)26-21/h1-3,10-11,13-14H,4-9,12,15-19H2,(H,25,26)(H,28,29). The molecule has 0 saturated carbocycles. The van der Waals surface area contributed by atoms with Crippen molar-refractivity contribution >= 4 is 11.8 Å². The number of para-hydroxylation sites is 1. The molecule has 1 aromatic heterocycles. The molecule has 0 radical (unpaired) electrons. The third-order valence-corrected chi connectivity index (χ3v) is 5.39. The largest absolute Gasteiger partial charge is 0.492 e. The number of unbranched alkanes of at least 4 members (excludes halogenated alkanes) is 1. The quantitative estimate of drug-likeness (QED) is 0.485. The smallest absolute Gasteiger partial charge is 0.303 e. The summed E-state index contributed by atoms with van der Waals surface area (Å²) in [5.41, 5.74) is 2.47. The SMILES string of the molecule is O=C(O)CCCN(CCCCc1ccc2c(n1)NCCC2)CCOc1ccccc1. The van der Waals surface area contributed by atoms with E-state index in [-0.39, 0.29) is 6.42 Å². The number of rotatable bonds is 13. The number of nitrogens with zero attached hydrogens (tertiary/aromatic N) is 2. The zero-order valence-electron chi connectivity index (χ0n) is 17.7. The van der Waals surface area contributed by atoms with Crippen molar-refractivity contribution in [1.29, 1.82) is 0 Å². The zero-order valence-corrected chi connectivity index (χ0v) is 17.7. The summed E-state index contributed by atoms with van der Waals surface area (Å²) in [6.45, 7) is 4.15. The highest BCUT2D eigenvalue weighted by Gasteiger charge is 2.11. The number of carboxylic acids is 1. The van der Waals surface area contributed by atoms with Crippen molar-refractivity contribution in [3.8, 4) is 5.75 Å². The van der Waals surface area contributed by atoms with E-state index in [0.717, 1.165) is 69.1 Å². The van der Waals surface area contributed by atoms with Gasteiger partial charge in [-0.25, -0.2) is 4.98 Å². The normalized spacial score (nSPS) is 13.0. The number of pyridine rings is 1. The van der Waals surface area contributed by atoms with E-state index in [1.54, 1.807) is 0 Å². The van der Waals surface area contributed by atoms with Crippen LogP contribution in [0.2, 0.25) is 0 Å². The maximum atomic E-state index is 10.8. The van der Waals surface area contributed by atoms with Gasteiger partial charge in [0.15, 0.2) is 0 Å². The number of anilines is 1. The lowest BCUT2D eigenvalue weighted by Gasteiger charge is -2.22. The summed E-state index contributed by atoms with van der Waals surface area (Å²) in [7, 11) is 0. The number of benzene rings is 1. The van der Waals surface area contributed by atoms with Crippen molar-refractivity contribution in [3.63, 3.8) is 0 Å². The Morgan fingerprint density at radius 1 is 1.07 bits per heavy atom. The Labute approximate surface area is 179 Å². The van der Waals surface area contributed by atoms with E-state index >= 15 is 0 Å². The summed E-state index contributed by atoms with van der Waals surface area (Å²) in [5.74, 6) is 1.20. The minimum Gasteiger partial charge on any atom is -0.492 e. The van der Waals surface area contributed by atoms with Gasteiger partial charge in [0, 0.05) is 25.2 Å². The molecule has 2 N–H and O–H groups in total. The molecule has 6 nitrogen and oxygen atoms in total. The van der Waals surface area contributed by atoms with Gasteiger partial charge < -0.3 is 15.2 Å². The van der Waals surface area contributed by atoms with Crippen LogP contribution in [0.25, 0.3) is 0 Å². The van der Waals surface area contributed by atoms with Crippen LogP contribution in [0.5, 0.6) is 5.75 Å². The molecule has 0 bridgehead atoms. The number of nitrogens with one attached hydrogen (secondary N) is 1. The van der Waals surface area contributed by atoms with E-state index in [1.807, 2.05) is 30.3 Å². The van der Waals surface area contributed by atoms with Gasteiger partial charge in [0.1, 0.15) is 18.2 Å².